The van der Waals surface area contributed by atoms with Crippen LogP contribution < -0.4 is 10.6 Å². The van der Waals surface area contributed by atoms with Gasteiger partial charge in [0, 0.05) is 32.0 Å². The highest BCUT2D eigenvalue weighted by Crippen LogP contribution is 2.30. The number of pyridine rings is 1. The molecule has 1 aliphatic rings. The van der Waals surface area contributed by atoms with E-state index in [9.17, 15) is 4.79 Å². The van der Waals surface area contributed by atoms with E-state index in [4.69, 9.17) is 15.2 Å². The Morgan fingerprint density at radius 2 is 2.08 bits per heavy atom. The Labute approximate surface area is 150 Å². The summed E-state index contributed by atoms with van der Waals surface area (Å²) in [6, 6.07) is 2.35. The van der Waals surface area contributed by atoms with E-state index in [0.29, 0.717) is 24.1 Å². The molecule has 1 fully saturated rings. The zero-order valence-corrected chi connectivity index (χ0v) is 15.8. The van der Waals surface area contributed by atoms with Gasteiger partial charge < -0.3 is 20.1 Å². The molecule has 2 rings (SSSR count). The maximum absolute atomic E-state index is 11.5. The molecule has 25 heavy (non-hydrogen) atoms. The number of anilines is 2. The number of hydrogen-bond acceptors (Lipinski definition) is 6. The Bertz CT molecular complexity index is 571. The monoisotopic (exact) mass is 349 g/mol. The van der Waals surface area contributed by atoms with Crippen LogP contribution in [0.15, 0.2) is 12.3 Å². The van der Waals surface area contributed by atoms with Crippen molar-refractivity contribution < 1.29 is 14.3 Å². The Kier molecular flexibility index (Phi) is 7.05. The third kappa shape index (κ3) is 5.33. The van der Waals surface area contributed by atoms with E-state index in [-0.39, 0.29) is 11.9 Å². The molecular formula is C19H31N3O3. The summed E-state index contributed by atoms with van der Waals surface area (Å²) in [6.07, 6.45) is 4.15. The molecule has 0 aromatic carbocycles. The fraction of sp³-hybridized carbons (Fsp3) is 0.684. The Balaban J connectivity index is 2.21. The summed E-state index contributed by atoms with van der Waals surface area (Å²) < 4.78 is 10.2. The number of nitrogens with zero attached hydrogens (tertiary/aromatic N) is 2. The molecule has 0 amide bonds. The molecule has 1 aromatic heterocycles. The Hall–Kier alpha value is -1.82. The summed E-state index contributed by atoms with van der Waals surface area (Å²) >= 11 is 0. The zero-order valence-electron chi connectivity index (χ0n) is 15.8. The maximum atomic E-state index is 11.5. The van der Waals surface area contributed by atoms with E-state index < -0.39 is 0 Å². The molecule has 140 valence electrons. The number of nitrogens with two attached hydrogens (primary N) is 1. The van der Waals surface area contributed by atoms with E-state index in [1.807, 2.05) is 19.2 Å². The van der Waals surface area contributed by atoms with Crippen LogP contribution in [0.4, 0.5) is 11.5 Å². The van der Waals surface area contributed by atoms with E-state index in [1.54, 1.807) is 0 Å². The average Bonchev–Trinajstić information content (AvgIpc) is 2.60. The number of carbonyl (C=O) groups is 1. The molecule has 0 radical (unpaired) electrons. The molecule has 0 unspecified atom stereocenters. The van der Waals surface area contributed by atoms with Gasteiger partial charge >= 0.3 is 5.97 Å². The van der Waals surface area contributed by atoms with Crippen LogP contribution >= 0.6 is 0 Å². The molecule has 2 N–H and O–H groups in total. The SMILES string of the molecule is COC(=O)C[C@@H](C)c1cnc(N(CC(C)C)C2CCOCC2)c(N)c1. The minimum atomic E-state index is -0.223. The minimum Gasteiger partial charge on any atom is -0.469 e. The fourth-order valence-corrected chi connectivity index (χ4v) is 3.25. The third-order valence-electron chi connectivity index (χ3n) is 4.65. The van der Waals surface area contributed by atoms with E-state index >= 15 is 0 Å². The van der Waals surface area contributed by atoms with Crippen LogP contribution in [0.2, 0.25) is 0 Å². The van der Waals surface area contributed by atoms with Gasteiger partial charge in [0.15, 0.2) is 5.82 Å². The molecule has 6 heteroatoms. The Morgan fingerprint density at radius 3 is 2.64 bits per heavy atom. The van der Waals surface area contributed by atoms with Gasteiger partial charge in [0.1, 0.15) is 0 Å². The van der Waals surface area contributed by atoms with Gasteiger partial charge in [-0.25, -0.2) is 4.98 Å². The zero-order chi connectivity index (χ0) is 18.4. The first kappa shape index (κ1) is 19.5. The summed E-state index contributed by atoms with van der Waals surface area (Å²) in [5.74, 6) is 1.16. The van der Waals surface area contributed by atoms with Crippen molar-refractivity contribution in [3.05, 3.63) is 17.8 Å². The number of rotatable bonds is 7. The van der Waals surface area contributed by atoms with E-state index in [2.05, 4.69) is 23.7 Å². The van der Waals surface area contributed by atoms with Crippen LogP contribution in [-0.2, 0) is 14.3 Å². The van der Waals surface area contributed by atoms with Crippen molar-refractivity contribution in [3.63, 3.8) is 0 Å². The van der Waals surface area contributed by atoms with Gasteiger partial charge in [-0.15, -0.1) is 0 Å². The van der Waals surface area contributed by atoms with Crippen molar-refractivity contribution in [3.8, 4) is 0 Å². The van der Waals surface area contributed by atoms with Gasteiger partial charge in [-0.05, 0) is 36.3 Å². The van der Waals surface area contributed by atoms with Crippen LogP contribution in [-0.4, -0.2) is 43.9 Å². The van der Waals surface area contributed by atoms with Gasteiger partial charge in [0.05, 0.1) is 19.2 Å². The number of methoxy groups -OCH3 is 1. The normalized spacial score (nSPS) is 16.7. The quantitative estimate of drug-likeness (QED) is 0.763. The molecule has 1 atom stereocenters. The first-order valence-electron chi connectivity index (χ1n) is 9.09. The Morgan fingerprint density at radius 1 is 1.40 bits per heavy atom. The summed E-state index contributed by atoms with van der Waals surface area (Å²) in [6.45, 7) is 8.88. The van der Waals surface area contributed by atoms with Crippen LogP contribution in [0, 0.1) is 5.92 Å². The third-order valence-corrected chi connectivity index (χ3v) is 4.65. The van der Waals surface area contributed by atoms with Crippen molar-refractivity contribution in [1.82, 2.24) is 4.98 Å². The second-order valence-corrected chi connectivity index (χ2v) is 7.25. The average molecular weight is 349 g/mol. The number of ether oxygens (including phenoxy) is 2. The van der Waals surface area contributed by atoms with Crippen LogP contribution in [0.5, 0.6) is 0 Å². The van der Waals surface area contributed by atoms with Crippen molar-refractivity contribution in [1.29, 1.82) is 0 Å². The molecular weight excluding hydrogens is 318 g/mol. The highest BCUT2D eigenvalue weighted by Gasteiger charge is 2.25. The predicted molar refractivity (Wildman–Crippen MR) is 99.7 cm³/mol. The standard InChI is InChI=1S/C19H31N3O3/c1-13(2)12-22(16-5-7-25-8-6-16)19-17(20)10-15(11-21-19)14(3)9-18(23)24-4/h10-11,13-14,16H,5-9,12,20H2,1-4H3/t14-/m1/s1. The van der Waals surface area contributed by atoms with Gasteiger partial charge in [-0.2, -0.15) is 0 Å². The number of hydrogen-bond donors (Lipinski definition) is 1. The molecule has 1 aliphatic heterocycles. The molecule has 0 aliphatic carbocycles. The van der Waals surface area contributed by atoms with Crippen LogP contribution in [0.25, 0.3) is 0 Å². The predicted octanol–water partition coefficient (Wildman–Crippen LogP) is 2.97. The van der Waals surface area contributed by atoms with Crippen molar-refractivity contribution in [2.75, 3.05) is 37.5 Å². The largest absolute Gasteiger partial charge is 0.469 e. The maximum Gasteiger partial charge on any atom is 0.306 e. The molecule has 0 bridgehead atoms. The van der Waals surface area contributed by atoms with Gasteiger partial charge in [0.2, 0.25) is 0 Å². The first-order chi connectivity index (χ1) is 11.9. The summed E-state index contributed by atoms with van der Waals surface area (Å²) in [4.78, 5) is 18.5. The summed E-state index contributed by atoms with van der Waals surface area (Å²) in [5, 5.41) is 0. The lowest BCUT2D eigenvalue weighted by Crippen LogP contribution is -2.42. The second kappa shape index (κ2) is 9.04. The van der Waals surface area contributed by atoms with Crippen LogP contribution in [0.3, 0.4) is 0 Å². The van der Waals surface area contributed by atoms with Crippen molar-refractivity contribution >= 4 is 17.5 Å². The highest BCUT2D eigenvalue weighted by molar-refractivity contribution is 5.71. The number of aromatic nitrogens is 1. The van der Waals surface area contributed by atoms with E-state index in [1.165, 1.54) is 7.11 Å². The molecule has 1 aromatic rings. The molecule has 1 saturated heterocycles. The van der Waals surface area contributed by atoms with Crippen molar-refractivity contribution in [2.45, 2.75) is 52.0 Å². The molecule has 6 nitrogen and oxygen atoms in total. The van der Waals surface area contributed by atoms with E-state index in [0.717, 1.165) is 44.0 Å². The molecule has 0 spiro atoms. The first-order valence-corrected chi connectivity index (χ1v) is 9.09. The lowest BCUT2D eigenvalue weighted by atomic mass is 9.98. The number of carbonyl (C=O) groups excluding carboxylic acids is 1. The molecule has 0 saturated carbocycles. The fourth-order valence-electron chi connectivity index (χ4n) is 3.25. The van der Waals surface area contributed by atoms with Crippen LogP contribution in [0.1, 0.15) is 51.5 Å². The molecule has 2 heterocycles. The second-order valence-electron chi connectivity index (χ2n) is 7.25. The smallest absolute Gasteiger partial charge is 0.306 e. The lowest BCUT2D eigenvalue weighted by Gasteiger charge is -2.37. The summed E-state index contributed by atoms with van der Waals surface area (Å²) in [5.41, 5.74) is 7.98. The lowest BCUT2D eigenvalue weighted by molar-refractivity contribution is -0.140. The van der Waals surface area contributed by atoms with Crippen molar-refractivity contribution in [2.24, 2.45) is 5.92 Å². The number of esters is 1. The minimum absolute atomic E-state index is 0.0259. The van der Waals surface area contributed by atoms with Gasteiger partial charge in [0.25, 0.3) is 0 Å². The van der Waals surface area contributed by atoms with Gasteiger partial charge in [-0.1, -0.05) is 20.8 Å². The highest BCUT2D eigenvalue weighted by atomic mass is 16.5. The number of nitrogen functional groups attached to an aromatic ring is 1. The summed E-state index contributed by atoms with van der Waals surface area (Å²) in [7, 11) is 1.41. The topological polar surface area (TPSA) is 77.7 Å². The van der Waals surface area contributed by atoms with Gasteiger partial charge in [-0.3, -0.25) is 4.79 Å².